The molecule has 1 aromatic carbocycles. The number of hydrogen-bond acceptors (Lipinski definition) is 4. The summed E-state index contributed by atoms with van der Waals surface area (Å²) in [6, 6.07) is 4.55. The van der Waals surface area contributed by atoms with Gasteiger partial charge in [0.15, 0.2) is 0 Å². The third-order valence-electron chi connectivity index (χ3n) is 3.85. The highest BCUT2D eigenvalue weighted by atomic mass is 32.2. The van der Waals surface area contributed by atoms with Gasteiger partial charge in [0.2, 0.25) is 15.9 Å². The van der Waals surface area contributed by atoms with E-state index < -0.39 is 16.1 Å². The Morgan fingerprint density at radius 2 is 1.86 bits per heavy atom. The van der Waals surface area contributed by atoms with Gasteiger partial charge < -0.3 is 15.3 Å². The standard InChI is InChI=1S/C13H15N3O5S/c17-12-8-9-7-10(1-2-11(9)14-12)22(20,21)16-5-3-15(4-6-16)13(18)19/h1-2,7H,3-6,8H2,(H,14,17)(H,18,19). The van der Waals surface area contributed by atoms with Gasteiger partial charge in [-0.3, -0.25) is 4.79 Å². The van der Waals surface area contributed by atoms with E-state index in [0.29, 0.717) is 11.3 Å². The fourth-order valence-corrected chi connectivity index (χ4v) is 4.11. The molecule has 118 valence electrons. The average molecular weight is 325 g/mol. The number of rotatable bonds is 2. The number of carbonyl (C=O) groups excluding carboxylic acids is 1. The van der Waals surface area contributed by atoms with Crippen molar-refractivity contribution in [3.8, 4) is 0 Å². The summed E-state index contributed by atoms with van der Waals surface area (Å²) in [5, 5.41) is 11.5. The summed E-state index contributed by atoms with van der Waals surface area (Å²) < 4.78 is 26.5. The molecule has 0 bridgehead atoms. The molecule has 2 heterocycles. The number of carboxylic acid groups (broad SMARTS) is 1. The van der Waals surface area contributed by atoms with Crippen LogP contribution in [0.3, 0.4) is 0 Å². The molecule has 2 aliphatic heterocycles. The molecule has 1 saturated heterocycles. The van der Waals surface area contributed by atoms with Crippen molar-refractivity contribution in [1.29, 1.82) is 0 Å². The molecule has 0 saturated carbocycles. The van der Waals surface area contributed by atoms with E-state index in [9.17, 15) is 18.0 Å². The number of piperazine rings is 1. The van der Waals surface area contributed by atoms with Crippen LogP contribution in [0.4, 0.5) is 10.5 Å². The SMILES string of the molecule is O=C1Cc2cc(S(=O)(=O)N3CCN(C(=O)O)CC3)ccc2N1. The Morgan fingerprint density at radius 3 is 2.50 bits per heavy atom. The third-order valence-corrected chi connectivity index (χ3v) is 5.74. The highest BCUT2D eigenvalue weighted by Gasteiger charge is 2.31. The summed E-state index contributed by atoms with van der Waals surface area (Å²) in [5.41, 5.74) is 1.30. The molecule has 0 radical (unpaired) electrons. The van der Waals surface area contributed by atoms with Gasteiger partial charge in [-0.15, -0.1) is 0 Å². The molecular weight excluding hydrogens is 310 g/mol. The lowest BCUT2D eigenvalue weighted by atomic mass is 10.2. The number of anilines is 1. The van der Waals surface area contributed by atoms with Crippen molar-refractivity contribution in [1.82, 2.24) is 9.21 Å². The summed E-state index contributed by atoms with van der Waals surface area (Å²) in [4.78, 5) is 23.5. The van der Waals surface area contributed by atoms with Gasteiger partial charge in [-0.2, -0.15) is 4.31 Å². The molecule has 9 heteroatoms. The lowest BCUT2D eigenvalue weighted by Crippen LogP contribution is -2.50. The number of nitrogens with one attached hydrogen (secondary N) is 1. The van der Waals surface area contributed by atoms with E-state index >= 15 is 0 Å². The van der Waals surface area contributed by atoms with Crippen LogP contribution >= 0.6 is 0 Å². The monoisotopic (exact) mass is 325 g/mol. The minimum Gasteiger partial charge on any atom is -0.465 e. The lowest BCUT2D eigenvalue weighted by molar-refractivity contribution is -0.115. The van der Waals surface area contributed by atoms with Crippen LogP contribution in [0.15, 0.2) is 23.1 Å². The number of fused-ring (bicyclic) bond motifs is 1. The smallest absolute Gasteiger partial charge is 0.407 e. The summed E-state index contributed by atoms with van der Waals surface area (Å²) in [7, 11) is -3.68. The molecule has 8 nitrogen and oxygen atoms in total. The molecule has 2 aliphatic rings. The van der Waals surface area contributed by atoms with Gasteiger partial charge in [0.1, 0.15) is 0 Å². The second-order valence-corrected chi connectivity index (χ2v) is 7.16. The summed E-state index contributed by atoms with van der Waals surface area (Å²) in [6.07, 6.45) is -0.870. The van der Waals surface area contributed by atoms with Crippen LogP contribution in [0.2, 0.25) is 0 Å². The molecule has 22 heavy (non-hydrogen) atoms. The normalized spacial score (nSPS) is 18.9. The van der Waals surface area contributed by atoms with E-state index in [4.69, 9.17) is 5.11 Å². The molecule has 0 aliphatic carbocycles. The molecule has 0 spiro atoms. The van der Waals surface area contributed by atoms with Crippen molar-refractivity contribution >= 4 is 27.7 Å². The van der Waals surface area contributed by atoms with Crippen molar-refractivity contribution in [2.24, 2.45) is 0 Å². The van der Waals surface area contributed by atoms with Gasteiger partial charge in [0.25, 0.3) is 0 Å². The van der Waals surface area contributed by atoms with Crippen LogP contribution < -0.4 is 5.32 Å². The topological polar surface area (TPSA) is 107 Å². The number of carbonyl (C=O) groups is 2. The maximum absolute atomic E-state index is 12.6. The maximum Gasteiger partial charge on any atom is 0.407 e. The predicted molar refractivity (Wildman–Crippen MR) is 77.1 cm³/mol. The van der Waals surface area contributed by atoms with Gasteiger partial charge in [-0.05, 0) is 23.8 Å². The summed E-state index contributed by atoms with van der Waals surface area (Å²) in [6.45, 7) is 0.560. The van der Waals surface area contributed by atoms with Gasteiger partial charge in [-0.25, -0.2) is 13.2 Å². The number of benzene rings is 1. The zero-order valence-electron chi connectivity index (χ0n) is 11.7. The van der Waals surface area contributed by atoms with Crippen LogP contribution in [0.25, 0.3) is 0 Å². The Labute approximate surface area is 127 Å². The third kappa shape index (κ3) is 2.53. The molecule has 0 unspecified atom stereocenters. The van der Waals surface area contributed by atoms with Crippen molar-refractivity contribution < 1.29 is 23.1 Å². The Morgan fingerprint density at radius 1 is 1.18 bits per heavy atom. The van der Waals surface area contributed by atoms with E-state index in [0.717, 1.165) is 0 Å². The first-order valence-electron chi connectivity index (χ1n) is 6.79. The second kappa shape index (κ2) is 5.25. The highest BCUT2D eigenvalue weighted by Crippen LogP contribution is 2.27. The second-order valence-electron chi connectivity index (χ2n) is 5.22. The molecule has 0 aromatic heterocycles. The fraction of sp³-hybridized carbons (Fsp3) is 0.385. The van der Waals surface area contributed by atoms with Crippen LogP contribution in [0.5, 0.6) is 0 Å². The van der Waals surface area contributed by atoms with E-state index in [2.05, 4.69) is 5.32 Å². The molecule has 2 N–H and O–H groups in total. The largest absolute Gasteiger partial charge is 0.465 e. The zero-order chi connectivity index (χ0) is 15.9. The first-order chi connectivity index (χ1) is 10.4. The quantitative estimate of drug-likeness (QED) is 0.806. The first kappa shape index (κ1) is 14.8. The Bertz CT molecular complexity index is 738. The van der Waals surface area contributed by atoms with Crippen LogP contribution in [0, 0.1) is 0 Å². The van der Waals surface area contributed by atoms with E-state index in [1.807, 2.05) is 0 Å². The van der Waals surface area contributed by atoms with Crippen LogP contribution in [-0.4, -0.2) is 60.9 Å². The van der Waals surface area contributed by atoms with Gasteiger partial charge in [-0.1, -0.05) is 0 Å². The minimum atomic E-state index is -3.68. The van der Waals surface area contributed by atoms with Gasteiger partial charge in [0.05, 0.1) is 11.3 Å². The van der Waals surface area contributed by atoms with Crippen LogP contribution in [-0.2, 0) is 21.2 Å². The number of nitrogens with zero attached hydrogens (tertiary/aromatic N) is 2. The average Bonchev–Trinajstić information content (AvgIpc) is 2.86. The zero-order valence-corrected chi connectivity index (χ0v) is 12.5. The first-order valence-corrected chi connectivity index (χ1v) is 8.23. The predicted octanol–water partition coefficient (Wildman–Crippen LogP) is 0.166. The van der Waals surface area contributed by atoms with E-state index in [-0.39, 0.29) is 43.4 Å². The molecule has 2 amide bonds. The van der Waals surface area contributed by atoms with Gasteiger partial charge >= 0.3 is 6.09 Å². The Kier molecular flexibility index (Phi) is 3.53. The van der Waals surface area contributed by atoms with Crippen LogP contribution in [0.1, 0.15) is 5.56 Å². The van der Waals surface area contributed by atoms with E-state index in [1.165, 1.54) is 21.3 Å². The fourth-order valence-electron chi connectivity index (χ4n) is 2.63. The van der Waals surface area contributed by atoms with Crippen molar-refractivity contribution in [2.45, 2.75) is 11.3 Å². The number of sulfonamides is 1. The molecule has 1 aromatic rings. The van der Waals surface area contributed by atoms with Gasteiger partial charge in [0, 0.05) is 31.9 Å². The Balaban J connectivity index is 1.81. The molecule has 1 fully saturated rings. The minimum absolute atomic E-state index is 0.128. The molecule has 0 atom stereocenters. The summed E-state index contributed by atoms with van der Waals surface area (Å²) >= 11 is 0. The molecule has 3 rings (SSSR count). The molecular formula is C13H15N3O5S. The number of hydrogen-bond donors (Lipinski definition) is 2. The lowest BCUT2D eigenvalue weighted by Gasteiger charge is -2.32. The van der Waals surface area contributed by atoms with Crippen molar-refractivity contribution in [3.05, 3.63) is 23.8 Å². The summed E-state index contributed by atoms with van der Waals surface area (Å²) in [5.74, 6) is -0.153. The Hall–Kier alpha value is -2.13. The maximum atomic E-state index is 12.6. The highest BCUT2D eigenvalue weighted by molar-refractivity contribution is 7.89. The van der Waals surface area contributed by atoms with Crippen molar-refractivity contribution in [3.63, 3.8) is 0 Å². The van der Waals surface area contributed by atoms with Crippen molar-refractivity contribution in [2.75, 3.05) is 31.5 Å². The number of amides is 2. The van der Waals surface area contributed by atoms with E-state index in [1.54, 1.807) is 6.07 Å².